The van der Waals surface area contributed by atoms with Gasteiger partial charge in [-0.2, -0.15) is 0 Å². The third kappa shape index (κ3) is 11.1. The minimum Gasteiger partial charge on any atom is -0.497 e. The van der Waals surface area contributed by atoms with Crippen molar-refractivity contribution in [3.05, 3.63) is 90.5 Å². The number of aliphatic carboxylic acids is 2. The third-order valence-electron chi connectivity index (χ3n) is 8.43. The number of carbonyl (C=O) groups is 4. The summed E-state index contributed by atoms with van der Waals surface area (Å²) in [4.78, 5) is 49.1. The van der Waals surface area contributed by atoms with E-state index in [0.29, 0.717) is 12.2 Å². The largest absolute Gasteiger partial charge is 0.497 e. The first-order chi connectivity index (χ1) is 23.6. The fourth-order valence-corrected chi connectivity index (χ4v) is 6.12. The molecular weight excluding hydrogens is 636 g/mol. The molecule has 0 saturated carbocycles. The molecule has 49 heavy (non-hydrogen) atoms. The van der Waals surface area contributed by atoms with Gasteiger partial charge in [0.1, 0.15) is 24.1 Å². The highest BCUT2D eigenvalue weighted by Crippen LogP contribution is 2.38. The normalized spacial score (nSPS) is 24.6. The molecule has 2 aliphatic heterocycles. The summed E-state index contributed by atoms with van der Waals surface area (Å²) >= 11 is 0. The van der Waals surface area contributed by atoms with Gasteiger partial charge in [0.25, 0.3) is 0 Å². The number of rotatable bonds is 19. The first kappa shape index (κ1) is 37.5. The molecule has 2 heterocycles. The summed E-state index contributed by atoms with van der Waals surface area (Å²) in [5.41, 5.74) is 1.64. The second-order valence-corrected chi connectivity index (χ2v) is 12.1. The van der Waals surface area contributed by atoms with E-state index in [2.05, 4.69) is 6.58 Å². The molecule has 264 valence electrons. The molecule has 2 aromatic rings. The zero-order valence-electron chi connectivity index (χ0n) is 27.7. The standard InChI is InChI=1S/C37H44O12/c1-4-8-28-16-17-29(39)33(48-28)36(47-23(2)38)37-35(46-22-25-11-14-27(44-3)15-12-25)34(45-21-24-9-6-5-7-10-24)30(49-37)19-26(20-32(42)43)13-18-31(40)41/h4-7,9-12,14-17,26,28,30,33-37H,1,8,13,18-22H2,2-3H3,(H,40,41)(H,42,43)/t26?,28?,30-,33+,34+,35-,36-,37-/m1/s1. The zero-order valence-corrected chi connectivity index (χ0v) is 27.7. The van der Waals surface area contributed by atoms with Gasteiger partial charge < -0.3 is 38.6 Å². The van der Waals surface area contributed by atoms with E-state index in [9.17, 15) is 29.4 Å². The second kappa shape index (κ2) is 18.4. The van der Waals surface area contributed by atoms with Gasteiger partial charge in [-0.25, -0.2) is 0 Å². The van der Waals surface area contributed by atoms with Crippen molar-refractivity contribution >= 4 is 23.7 Å². The van der Waals surface area contributed by atoms with Gasteiger partial charge in [0, 0.05) is 19.8 Å². The maximum Gasteiger partial charge on any atom is 0.303 e. The molecule has 0 aliphatic carbocycles. The lowest BCUT2D eigenvalue weighted by molar-refractivity contribution is -0.186. The summed E-state index contributed by atoms with van der Waals surface area (Å²) in [6, 6.07) is 16.6. The number of hydrogen-bond donors (Lipinski definition) is 2. The molecule has 1 fully saturated rings. The summed E-state index contributed by atoms with van der Waals surface area (Å²) in [5, 5.41) is 19.0. The van der Waals surface area contributed by atoms with Crippen molar-refractivity contribution in [3.63, 3.8) is 0 Å². The molecule has 0 radical (unpaired) electrons. The van der Waals surface area contributed by atoms with Crippen molar-refractivity contribution in [1.29, 1.82) is 0 Å². The van der Waals surface area contributed by atoms with Crippen molar-refractivity contribution in [3.8, 4) is 5.75 Å². The predicted octanol–water partition coefficient (Wildman–Crippen LogP) is 4.68. The molecule has 2 unspecified atom stereocenters. The monoisotopic (exact) mass is 680 g/mol. The van der Waals surface area contributed by atoms with E-state index in [1.165, 1.54) is 13.0 Å². The van der Waals surface area contributed by atoms with Gasteiger partial charge in [0.2, 0.25) is 0 Å². The number of benzene rings is 2. The summed E-state index contributed by atoms with van der Waals surface area (Å²) in [6.45, 7) is 5.19. The van der Waals surface area contributed by atoms with E-state index in [-0.39, 0.29) is 38.9 Å². The summed E-state index contributed by atoms with van der Waals surface area (Å²) < 4.78 is 36.9. The smallest absolute Gasteiger partial charge is 0.303 e. The van der Waals surface area contributed by atoms with Gasteiger partial charge in [-0.1, -0.05) is 54.6 Å². The molecule has 0 bridgehead atoms. The molecule has 0 amide bonds. The van der Waals surface area contributed by atoms with Crippen molar-refractivity contribution in [2.24, 2.45) is 5.92 Å². The van der Waals surface area contributed by atoms with Crippen molar-refractivity contribution in [1.82, 2.24) is 0 Å². The Morgan fingerprint density at radius 3 is 2.22 bits per heavy atom. The Morgan fingerprint density at radius 2 is 1.61 bits per heavy atom. The molecule has 2 N–H and O–H groups in total. The molecule has 12 heteroatoms. The molecule has 0 spiro atoms. The zero-order chi connectivity index (χ0) is 35.3. The van der Waals surface area contributed by atoms with Crippen LogP contribution in [0.25, 0.3) is 0 Å². The number of carboxylic acids is 2. The molecule has 2 aromatic carbocycles. The highest BCUT2D eigenvalue weighted by atomic mass is 16.6. The van der Waals surface area contributed by atoms with Gasteiger partial charge >= 0.3 is 17.9 Å². The molecule has 0 aromatic heterocycles. The van der Waals surface area contributed by atoms with E-state index in [4.69, 9.17) is 28.4 Å². The van der Waals surface area contributed by atoms with Crippen LogP contribution in [0.5, 0.6) is 5.75 Å². The van der Waals surface area contributed by atoms with E-state index in [1.54, 1.807) is 31.4 Å². The van der Waals surface area contributed by atoms with Gasteiger partial charge in [0.15, 0.2) is 18.0 Å². The SMILES string of the molecule is C=CCC1C=CC(=O)[C@@H]([C@@H](OC(C)=O)[C@@H]2O[C@H](CC(CCC(=O)O)CC(=O)O)[C@H](OCc3ccccc3)[C@H]2OCc2ccc(OC)cc2)O1. The molecule has 1 saturated heterocycles. The van der Waals surface area contributed by atoms with Crippen LogP contribution in [0.2, 0.25) is 0 Å². The van der Waals surface area contributed by atoms with Crippen LogP contribution >= 0.6 is 0 Å². The predicted molar refractivity (Wildman–Crippen MR) is 176 cm³/mol. The number of ketones is 1. The van der Waals surface area contributed by atoms with Crippen LogP contribution in [0.1, 0.15) is 50.2 Å². The lowest BCUT2D eigenvalue weighted by atomic mass is 9.89. The number of methoxy groups -OCH3 is 1. The molecule has 4 rings (SSSR count). The first-order valence-corrected chi connectivity index (χ1v) is 16.2. The summed E-state index contributed by atoms with van der Waals surface area (Å²) in [5.74, 6) is -3.18. The molecule has 12 nitrogen and oxygen atoms in total. The second-order valence-electron chi connectivity index (χ2n) is 12.1. The Balaban J connectivity index is 1.74. The molecular formula is C37H44O12. The average Bonchev–Trinajstić information content (AvgIpc) is 3.41. The van der Waals surface area contributed by atoms with Gasteiger partial charge in [-0.3, -0.25) is 19.2 Å². The maximum absolute atomic E-state index is 13.3. The van der Waals surface area contributed by atoms with Crippen LogP contribution in [0.15, 0.2) is 79.4 Å². The Labute approximate surface area is 285 Å². The highest BCUT2D eigenvalue weighted by molar-refractivity contribution is 5.95. The lowest BCUT2D eigenvalue weighted by Gasteiger charge is -2.35. The lowest BCUT2D eigenvalue weighted by Crippen LogP contribution is -2.53. The fraction of sp³-hybridized carbons (Fsp3) is 0.459. The number of hydrogen-bond acceptors (Lipinski definition) is 10. The minimum atomic E-state index is -1.27. The van der Waals surface area contributed by atoms with E-state index >= 15 is 0 Å². The van der Waals surface area contributed by atoms with Crippen LogP contribution in [-0.2, 0) is 56.1 Å². The van der Waals surface area contributed by atoms with Crippen LogP contribution in [0.3, 0.4) is 0 Å². The number of ether oxygens (including phenoxy) is 6. The Morgan fingerprint density at radius 1 is 0.939 bits per heavy atom. The molecule has 8 atom stereocenters. The van der Waals surface area contributed by atoms with Crippen LogP contribution in [0.4, 0.5) is 0 Å². The van der Waals surface area contributed by atoms with Crippen LogP contribution in [-0.4, -0.2) is 83.7 Å². The third-order valence-corrected chi connectivity index (χ3v) is 8.43. The fourth-order valence-electron chi connectivity index (χ4n) is 6.12. The van der Waals surface area contributed by atoms with Crippen molar-refractivity contribution < 1.29 is 57.8 Å². The van der Waals surface area contributed by atoms with Crippen LogP contribution in [0, 0.1) is 5.92 Å². The molecule has 2 aliphatic rings. The first-order valence-electron chi connectivity index (χ1n) is 16.2. The number of carboxylic acid groups (broad SMARTS) is 2. The Hall–Kier alpha value is -4.36. The maximum atomic E-state index is 13.3. The van der Waals surface area contributed by atoms with Gasteiger partial charge in [0.05, 0.1) is 32.5 Å². The van der Waals surface area contributed by atoms with Gasteiger partial charge in [-0.15, -0.1) is 6.58 Å². The topological polar surface area (TPSA) is 164 Å². The van der Waals surface area contributed by atoms with Gasteiger partial charge in [-0.05, 0) is 54.5 Å². The minimum absolute atomic E-state index is 0.0786. The number of carbonyl (C=O) groups excluding carboxylic acids is 2. The van der Waals surface area contributed by atoms with Crippen LogP contribution < -0.4 is 4.74 Å². The number of esters is 1. The summed E-state index contributed by atoms with van der Waals surface area (Å²) in [6.07, 6.45) is -2.02. The average molecular weight is 681 g/mol. The Kier molecular flexibility index (Phi) is 14.1. The van der Waals surface area contributed by atoms with E-state index in [1.807, 2.05) is 42.5 Å². The van der Waals surface area contributed by atoms with Crippen molar-refractivity contribution in [2.45, 2.75) is 95.0 Å². The van der Waals surface area contributed by atoms with E-state index in [0.717, 1.165) is 11.1 Å². The quantitative estimate of drug-likeness (QED) is 0.156. The van der Waals surface area contributed by atoms with Crippen molar-refractivity contribution in [2.75, 3.05) is 7.11 Å². The highest BCUT2D eigenvalue weighted by Gasteiger charge is 2.54. The Bertz CT molecular complexity index is 1440. The summed E-state index contributed by atoms with van der Waals surface area (Å²) in [7, 11) is 1.56. The van der Waals surface area contributed by atoms with E-state index < -0.39 is 72.3 Å².